The first-order valence-electron chi connectivity index (χ1n) is 6.50. The maximum absolute atomic E-state index is 10.9. The van der Waals surface area contributed by atoms with Crippen LogP contribution in [0.1, 0.15) is 25.1 Å². The third-order valence-corrected chi connectivity index (χ3v) is 3.98. The number of primary amides is 1. The Balaban J connectivity index is 2.13. The van der Waals surface area contributed by atoms with E-state index in [1.807, 2.05) is 36.4 Å². The van der Waals surface area contributed by atoms with Crippen molar-refractivity contribution in [3.63, 3.8) is 0 Å². The van der Waals surface area contributed by atoms with Gasteiger partial charge in [0.05, 0.1) is 18.1 Å². The summed E-state index contributed by atoms with van der Waals surface area (Å²) in [4.78, 5) is 11.9. The van der Waals surface area contributed by atoms with Gasteiger partial charge in [0, 0.05) is 10.6 Å². The molecule has 0 fully saturated rings. The molecule has 20 heavy (non-hydrogen) atoms. The number of carbonyl (C=O) groups is 1. The van der Waals surface area contributed by atoms with Crippen molar-refractivity contribution in [3.8, 4) is 0 Å². The van der Waals surface area contributed by atoms with E-state index in [9.17, 15) is 4.79 Å². The monoisotopic (exact) mass is 290 g/mol. The lowest BCUT2D eigenvalue weighted by atomic mass is 10.1. The molecular weight excluding hydrogens is 272 g/mol. The lowest BCUT2D eigenvalue weighted by molar-refractivity contribution is -0.115. The van der Waals surface area contributed by atoms with Crippen LogP contribution < -0.4 is 11.1 Å². The Labute approximate surface area is 122 Å². The van der Waals surface area contributed by atoms with Gasteiger partial charge in [0.1, 0.15) is 5.76 Å². The Morgan fingerprint density at radius 2 is 2.15 bits per heavy atom. The van der Waals surface area contributed by atoms with Crippen LogP contribution in [0.3, 0.4) is 0 Å². The third kappa shape index (κ3) is 3.81. The van der Waals surface area contributed by atoms with E-state index in [0.717, 1.165) is 22.8 Å². The zero-order chi connectivity index (χ0) is 14.4. The number of nitrogens with one attached hydrogen (secondary N) is 1. The van der Waals surface area contributed by atoms with Gasteiger partial charge >= 0.3 is 0 Å². The zero-order valence-electron chi connectivity index (χ0n) is 11.3. The summed E-state index contributed by atoms with van der Waals surface area (Å²) in [6.07, 6.45) is 2.58. The Kier molecular flexibility index (Phi) is 5.12. The van der Waals surface area contributed by atoms with Gasteiger partial charge in [-0.3, -0.25) is 4.79 Å². The molecule has 5 heteroatoms. The van der Waals surface area contributed by atoms with E-state index < -0.39 is 0 Å². The molecule has 0 aliphatic carbocycles. The fourth-order valence-electron chi connectivity index (χ4n) is 1.91. The lowest BCUT2D eigenvalue weighted by Gasteiger charge is -2.18. The summed E-state index contributed by atoms with van der Waals surface area (Å²) < 4.78 is 5.45. The van der Waals surface area contributed by atoms with Crippen LogP contribution in [-0.4, -0.2) is 11.7 Å². The van der Waals surface area contributed by atoms with Crippen LogP contribution in [-0.2, 0) is 4.79 Å². The van der Waals surface area contributed by atoms with Crippen molar-refractivity contribution in [2.24, 2.45) is 5.73 Å². The predicted molar refractivity (Wildman–Crippen MR) is 81.7 cm³/mol. The summed E-state index contributed by atoms with van der Waals surface area (Å²) in [7, 11) is 0. The number of nitrogens with two attached hydrogens (primary N) is 1. The van der Waals surface area contributed by atoms with Gasteiger partial charge in [-0.1, -0.05) is 19.1 Å². The first kappa shape index (κ1) is 14.5. The van der Waals surface area contributed by atoms with E-state index in [4.69, 9.17) is 10.2 Å². The largest absolute Gasteiger partial charge is 0.467 e. The molecule has 1 amide bonds. The lowest BCUT2D eigenvalue weighted by Crippen LogP contribution is -2.13. The molecule has 4 nitrogen and oxygen atoms in total. The van der Waals surface area contributed by atoms with Crippen LogP contribution in [0.15, 0.2) is 52.0 Å². The Hall–Kier alpha value is -1.88. The summed E-state index contributed by atoms with van der Waals surface area (Å²) in [6.45, 7) is 2.10. The SMILES string of the molecule is CCC(Nc1ccccc1SCC(N)=O)c1ccco1. The van der Waals surface area contributed by atoms with Gasteiger partial charge in [0.15, 0.2) is 0 Å². The van der Waals surface area contributed by atoms with Crippen molar-refractivity contribution in [2.75, 3.05) is 11.1 Å². The Morgan fingerprint density at radius 3 is 2.80 bits per heavy atom. The summed E-state index contributed by atoms with van der Waals surface area (Å²) in [5.41, 5.74) is 6.19. The van der Waals surface area contributed by atoms with Crippen LogP contribution in [0.2, 0.25) is 0 Å². The number of hydrogen-bond acceptors (Lipinski definition) is 4. The Morgan fingerprint density at radius 1 is 1.35 bits per heavy atom. The van der Waals surface area contributed by atoms with Gasteiger partial charge in [0.25, 0.3) is 0 Å². The van der Waals surface area contributed by atoms with E-state index in [-0.39, 0.29) is 17.7 Å². The molecule has 1 aromatic carbocycles. The first-order valence-corrected chi connectivity index (χ1v) is 7.49. The third-order valence-electron chi connectivity index (χ3n) is 2.88. The highest BCUT2D eigenvalue weighted by Crippen LogP contribution is 2.31. The van der Waals surface area contributed by atoms with Gasteiger partial charge in [-0.2, -0.15) is 0 Å². The molecule has 0 aliphatic heterocycles. The van der Waals surface area contributed by atoms with Crippen molar-refractivity contribution in [2.45, 2.75) is 24.3 Å². The van der Waals surface area contributed by atoms with E-state index in [0.29, 0.717) is 0 Å². The second-order valence-electron chi connectivity index (χ2n) is 4.37. The number of hydrogen-bond donors (Lipinski definition) is 2. The number of amides is 1. The van der Waals surface area contributed by atoms with Gasteiger partial charge in [0.2, 0.25) is 5.91 Å². The molecule has 0 bridgehead atoms. The molecule has 1 aromatic heterocycles. The summed E-state index contributed by atoms with van der Waals surface area (Å²) in [5, 5.41) is 3.46. The smallest absolute Gasteiger partial charge is 0.227 e. The van der Waals surface area contributed by atoms with E-state index in [1.54, 1.807) is 6.26 Å². The summed E-state index contributed by atoms with van der Waals surface area (Å²) >= 11 is 1.44. The average molecular weight is 290 g/mol. The maximum atomic E-state index is 10.9. The molecular formula is C15H18N2O2S. The van der Waals surface area contributed by atoms with Crippen molar-refractivity contribution >= 4 is 23.4 Å². The average Bonchev–Trinajstić information content (AvgIpc) is 2.97. The number of rotatable bonds is 7. The van der Waals surface area contributed by atoms with E-state index >= 15 is 0 Å². The van der Waals surface area contributed by atoms with Crippen molar-refractivity contribution < 1.29 is 9.21 Å². The molecule has 2 aromatic rings. The molecule has 3 N–H and O–H groups in total. The van der Waals surface area contributed by atoms with E-state index in [2.05, 4.69) is 12.2 Å². The Bertz CT molecular complexity index is 555. The molecule has 1 atom stereocenters. The van der Waals surface area contributed by atoms with Crippen LogP contribution in [0.25, 0.3) is 0 Å². The normalized spacial score (nSPS) is 12.1. The highest BCUT2D eigenvalue weighted by molar-refractivity contribution is 8.00. The molecule has 0 saturated carbocycles. The molecule has 1 unspecified atom stereocenters. The number of benzene rings is 1. The second kappa shape index (κ2) is 7.05. The molecule has 0 aliphatic rings. The topological polar surface area (TPSA) is 68.3 Å². The standard InChI is InChI=1S/C15H18N2O2S/c1-2-11(13-7-5-9-19-13)17-12-6-3-4-8-14(12)20-10-15(16)18/h3-9,11,17H,2,10H2,1H3,(H2,16,18). The van der Waals surface area contributed by atoms with Crippen molar-refractivity contribution in [1.29, 1.82) is 0 Å². The quantitative estimate of drug-likeness (QED) is 0.767. The highest BCUT2D eigenvalue weighted by Gasteiger charge is 2.14. The minimum absolute atomic E-state index is 0.111. The highest BCUT2D eigenvalue weighted by atomic mass is 32.2. The number of furan rings is 1. The minimum atomic E-state index is -0.317. The molecule has 0 spiro atoms. The number of para-hydroxylation sites is 1. The molecule has 0 saturated heterocycles. The molecule has 106 valence electrons. The van der Waals surface area contributed by atoms with Gasteiger partial charge in [-0.25, -0.2) is 0 Å². The van der Waals surface area contributed by atoms with Crippen molar-refractivity contribution in [3.05, 3.63) is 48.4 Å². The minimum Gasteiger partial charge on any atom is -0.467 e. The summed E-state index contributed by atoms with van der Waals surface area (Å²) in [5.74, 6) is 0.862. The number of thioether (sulfide) groups is 1. The van der Waals surface area contributed by atoms with Gasteiger partial charge < -0.3 is 15.5 Å². The van der Waals surface area contributed by atoms with Gasteiger partial charge in [-0.15, -0.1) is 11.8 Å². The molecule has 1 heterocycles. The van der Waals surface area contributed by atoms with Crippen molar-refractivity contribution in [1.82, 2.24) is 0 Å². The maximum Gasteiger partial charge on any atom is 0.227 e. The predicted octanol–water partition coefficient (Wildman–Crippen LogP) is 3.42. The second-order valence-corrected chi connectivity index (χ2v) is 5.39. The van der Waals surface area contributed by atoms with Crippen LogP contribution >= 0.6 is 11.8 Å². The number of carbonyl (C=O) groups excluding carboxylic acids is 1. The van der Waals surface area contributed by atoms with Crippen LogP contribution in [0.5, 0.6) is 0 Å². The molecule has 0 radical (unpaired) electrons. The molecule has 2 rings (SSSR count). The summed E-state index contributed by atoms with van der Waals surface area (Å²) in [6, 6.07) is 11.8. The number of anilines is 1. The van der Waals surface area contributed by atoms with E-state index in [1.165, 1.54) is 11.8 Å². The fourth-order valence-corrected chi connectivity index (χ4v) is 2.67. The zero-order valence-corrected chi connectivity index (χ0v) is 12.2. The first-order chi connectivity index (χ1) is 9.70. The van der Waals surface area contributed by atoms with Crippen LogP contribution in [0.4, 0.5) is 5.69 Å². The fraction of sp³-hybridized carbons (Fsp3) is 0.267. The van der Waals surface area contributed by atoms with Crippen LogP contribution in [0, 0.1) is 0 Å². The van der Waals surface area contributed by atoms with Gasteiger partial charge in [-0.05, 0) is 30.7 Å².